The van der Waals surface area contributed by atoms with Crippen molar-refractivity contribution >= 4 is 5.97 Å². The maximum absolute atomic E-state index is 12.1. The minimum absolute atomic E-state index is 0.117. The lowest BCUT2D eigenvalue weighted by Gasteiger charge is -2.39. The maximum atomic E-state index is 12.1. The summed E-state index contributed by atoms with van der Waals surface area (Å²) >= 11 is 0. The van der Waals surface area contributed by atoms with E-state index < -0.39 is 5.54 Å². The highest BCUT2D eigenvalue weighted by Crippen LogP contribution is 2.31. The van der Waals surface area contributed by atoms with Crippen molar-refractivity contribution in [1.82, 2.24) is 5.32 Å². The van der Waals surface area contributed by atoms with Gasteiger partial charge in [-0.2, -0.15) is 0 Å². The first-order chi connectivity index (χ1) is 9.70. The average molecular weight is 285 g/mol. The molecular weight excluding hydrogens is 258 g/mol. The van der Waals surface area contributed by atoms with Gasteiger partial charge in [0, 0.05) is 13.0 Å². The summed E-state index contributed by atoms with van der Waals surface area (Å²) in [5.74, 6) is -0.162. The van der Waals surface area contributed by atoms with Crippen LogP contribution in [0, 0.1) is 0 Å². The van der Waals surface area contributed by atoms with Crippen molar-refractivity contribution in [3.05, 3.63) is 0 Å². The Morgan fingerprint density at radius 2 is 2.25 bits per heavy atom. The zero-order valence-electron chi connectivity index (χ0n) is 12.7. The molecule has 1 aliphatic heterocycles. The van der Waals surface area contributed by atoms with E-state index in [0.717, 1.165) is 45.3 Å². The minimum Gasteiger partial charge on any atom is -0.468 e. The van der Waals surface area contributed by atoms with Gasteiger partial charge in [-0.1, -0.05) is 6.92 Å². The molecule has 2 fully saturated rings. The smallest absolute Gasteiger partial charge is 0.326 e. The van der Waals surface area contributed by atoms with Crippen molar-refractivity contribution < 1.29 is 19.0 Å². The number of likely N-dealkylation sites (N-methyl/N-ethyl adjacent to an activating group) is 1. The van der Waals surface area contributed by atoms with Crippen LogP contribution in [0.1, 0.15) is 45.4 Å². The topological polar surface area (TPSA) is 56.8 Å². The van der Waals surface area contributed by atoms with Crippen molar-refractivity contribution in [1.29, 1.82) is 0 Å². The van der Waals surface area contributed by atoms with Crippen LogP contribution < -0.4 is 5.32 Å². The molecule has 1 saturated heterocycles. The number of nitrogens with one attached hydrogen (secondary N) is 1. The number of hydrogen-bond donors (Lipinski definition) is 1. The van der Waals surface area contributed by atoms with Crippen LogP contribution in [0.15, 0.2) is 0 Å². The van der Waals surface area contributed by atoms with Crippen LogP contribution in [-0.4, -0.2) is 50.6 Å². The normalized spacial score (nSPS) is 34.1. The summed E-state index contributed by atoms with van der Waals surface area (Å²) in [4.78, 5) is 12.1. The van der Waals surface area contributed by atoms with E-state index in [-0.39, 0.29) is 18.2 Å². The maximum Gasteiger partial charge on any atom is 0.326 e. The van der Waals surface area contributed by atoms with Gasteiger partial charge in [0.05, 0.1) is 25.9 Å². The molecule has 3 atom stereocenters. The van der Waals surface area contributed by atoms with Crippen LogP contribution in [0.3, 0.4) is 0 Å². The molecule has 0 bridgehead atoms. The summed E-state index contributed by atoms with van der Waals surface area (Å²) in [6, 6.07) is 0. The van der Waals surface area contributed by atoms with Gasteiger partial charge in [0.15, 0.2) is 0 Å². The molecule has 20 heavy (non-hydrogen) atoms. The molecule has 2 aliphatic rings. The van der Waals surface area contributed by atoms with Crippen molar-refractivity contribution in [2.45, 2.75) is 63.2 Å². The number of carbonyl (C=O) groups is 1. The number of esters is 1. The molecule has 1 N–H and O–H groups in total. The second kappa shape index (κ2) is 7.38. The standard InChI is InChI=1S/C15H27NO4/c1-3-16-15(14(17)18-2)8-4-6-12(10-15)20-11-13-7-5-9-19-13/h12-13,16H,3-11H2,1-2H3. The molecule has 1 heterocycles. The van der Waals surface area contributed by atoms with Gasteiger partial charge in [0.2, 0.25) is 0 Å². The molecule has 0 aromatic rings. The molecule has 5 heteroatoms. The molecular formula is C15H27NO4. The van der Waals surface area contributed by atoms with Crippen LogP contribution in [0.25, 0.3) is 0 Å². The van der Waals surface area contributed by atoms with Gasteiger partial charge in [-0.05, 0) is 38.6 Å². The lowest BCUT2D eigenvalue weighted by Crippen LogP contribution is -2.56. The molecule has 5 nitrogen and oxygen atoms in total. The number of hydrogen-bond acceptors (Lipinski definition) is 5. The van der Waals surface area contributed by atoms with E-state index in [1.807, 2.05) is 6.92 Å². The molecule has 0 radical (unpaired) electrons. The quantitative estimate of drug-likeness (QED) is 0.752. The first-order valence-corrected chi connectivity index (χ1v) is 7.77. The van der Waals surface area contributed by atoms with Crippen LogP contribution in [0.4, 0.5) is 0 Å². The van der Waals surface area contributed by atoms with E-state index in [1.54, 1.807) is 0 Å². The Kier molecular flexibility index (Phi) is 5.81. The van der Waals surface area contributed by atoms with Gasteiger partial charge in [-0.3, -0.25) is 4.79 Å². The van der Waals surface area contributed by atoms with Gasteiger partial charge in [0.1, 0.15) is 5.54 Å². The van der Waals surface area contributed by atoms with E-state index in [9.17, 15) is 4.79 Å². The Hall–Kier alpha value is -0.650. The molecule has 3 unspecified atom stereocenters. The molecule has 0 aromatic heterocycles. The van der Waals surface area contributed by atoms with Crippen LogP contribution in [0.5, 0.6) is 0 Å². The third-order valence-electron chi connectivity index (χ3n) is 4.34. The number of methoxy groups -OCH3 is 1. The fourth-order valence-corrected chi connectivity index (χ4v) is 3.34. The zero-order chi connectivity index (χ0) is 14.4. The van der Waals surface area contributed by atoms with Gasteiger partial charge >= 0.3 is 5.97 Å². The fourth-order valence-electron chi connectivity index (χ4n) is 3.34. The Balaban J connectivity index is 1.89. The summed E-state index contributed by atoms with van der Waals surface area (Å²) in [5.41, 5.74) is -0.567. The van der Waals surface area contributed by atoms with Crippen molar-refractivity contribution in [2.75, 3.05) is 26.9 Å². The summed E-state index contributed by atoms with van der Waals surface area (Å²) in [7, 11) is 1.46. The zero-order valence-corrected chi connectivity index (χ0v) is 12.7. The molecule has 0 spiro atoms. The SMILES string of the molecule is CCNC1(C(=O)OC)CCCC(OCC2CCCO2)C1. The monoisotopic (exact) mass is 285 g/mol. The lowest BCUT2D eigenvalue weighted by molar-refractivity contribution is -0.153. The number of carbonyl (C=O) groups excluding carboxylic acids is 1. The van der Waals surface area contributed by atoms with Gasteiger partial charge in [-0.15, -0.1) is 0 Å². The van der Waals surface area contributed by atoms with Gasteiger partial charge < -0.3 is 19.5 Å². The Morgan fingerprint density at radius 3 is 2.90 bits per heavy atom. The van der Waals surface area contributed by atoms with E-state index >= 15 is 0 Å². The fraction of sp³-hybridized carbons (Fsp3) is 0.933. The van der Waals surface area contributed by atoms with E-state index in [2.05, 4.69) is 5.32 Å². The molecule has 2 rings (SSSR count). The Morgan fingerprint density at radius 1 is 1.40 bits per heavy atom. The summed E-state index contributed by atoms with van der Waals surface area (Å²) in [6.45, 7) is 4.27. The summed E-state index contributed by atoms with van der Waals surface area (Å²) in [6.07, 6.45) is 6.09. The first kappa shape index (κ1) is 15.7. The molecule has 1 saturated carbocycles. The van der Waals surface area contributed by atoms with Crippen molar-refractivity contribution in [2.24, 2.45) is 0 Å². The largest absolute Gasteiger partial charge is 0.468 e. The van der Waals surface area contributed by atoms with Crippen LogP contribution >= 0.6 is 0 Å². The second-order valence-corrected chi connectivity index (χ2v) is 5.79. The van der Waals surface area contributed by atoms with Crippen molar-refractivity contribution in [3.8, 4) is 0 Å². The minimum atomic E-state index is -0.567. The highest BCUT2D eigenvalue weighted by atomic mass is 16.5. The highest BCUT2D eigenvalue weighted by Gasteiger charge is 2.43. The first-order valence-electron chi connectivity index (χ1n) is 7.77. The van der Waals surface area contributed by atoms with E-state index in [1.165, 1.54) is 7.11 Å². The summed E-state index contributed by atoms with van der Waals surface area (Å²) in [5, 5.41) is 3.32. The highest BCUT2D eigenvalue weighted by molar-refractivity contribution is 5.81. The molecule has 116 valence electrons. The Labute approximate surface area is 121 Å². The summed E-state index contributed by atoms with van der Waals surface area (Å²) < 4.78 is 16.6. The number of ether oxygens (including phenoxy) is 3. The predicted octanol–water partition coefficient (Wildman–Crippen LogP) is 1.65. The average Bonchev–Trinajstić information content (AvgIpc) is 2.98. The third kappa shape index (κ3) is 3.71. The van der Waals surface area contributed by atoms with E-state index in [0.29, 0.717) is 13.0 Å². The van der Waals surface area contributed by atoms with E-state index in [4.69, 9.17) is 14.2 Å². The molecule has 0 amide bonds. The van der Waals surface area contributed by atoms with Crippen molar-refractivity contribution in [3.63, 3.8) is 0 Å². The molecule has 1 aliphatic carbocycles. The predicted molar refractivity (Wildman–Crippen MR) is 75.6 cm³/mol. The van der Waals surface area contributed by atoms with Gasteiger partial charge in [-0.25, -0.2) is 0 Å². The molecule has 0 aromatic carbocycles. The lowest BCUT2D eigenvalue weighted by atomic mass is 9.80. The van der Waals surface area contributed by atoms with Gasteiger partial charge in [0.25, 0.3) is 0 Å². The van der Waals surface area contributed by atoms with Crippen LogP contribution in [0.2, 0.25) is 0 Å². The third-order valence-corrected chi connectivity index (χ3v) is 4.34. The van der Waals surface area contributed by atoms with Crippen LogP contribution in [-0.2, 0) is 19.0 Å². The number of rotatable bonds is 6. The Bertz CT molecular complexity index is 313. The second-order valence-electron chi connectivity index (χ2n) is 5.79.